The van der Waals surface area contributed by atoms with Crippen molar-refractivity contribution in [2.24, 2.45) is 0 Å². The van der Waals surface area contributed by atoms with Gasteiger partial charge >= 0.3 is 12.1 Å². The summed E-state index contributed by atoms with van der Waals surface area (Å²) in [7, 11) is 3.87. The number of aromatic nitrogens is 2. The molecule has 0 radical (unpaired) electrons. The number of amides is 3. The lowest BCUT2D eigenvalue weighted by Gasteiger charge is -2.47. The van der Waals surface area contributed by atoms with Crippen molar-refractivity contribution in [3.63, 3.8) is 0 Å². The fourth-order valence-electron chi connectivity index (χ4n) is 4.76. The van der Waals surface area contributed by atoms with Gasteiger partial charge in [-0.15, -0.1) is 0 Å². The second kappa shape index (κ2) is 9.70. The Morgan fingerprint density at radius 1 is 1.05 bits per heavy atom. The van der Waals surface area contributed by atoms with Crippen molar-refractivity contribution in [1.29, 1.82) is 0 Å². The first-order chi connectivity index (χ1) is 17.6. The van der Waals surface area contributed by atoms with Gasteiger partial charge in [-0.05, 0) is 52.1 Å². The van der Waals surface area contributed by atoms with Gasteiger partial charge in [0.25, 0.3) is 0 Å². The van der Waals surface area contributed by atoms with E-state index in [0.717, 1.165) is 37.4 Å². The Labute approximate surface area is 218 Å². The molecule has 0 unspecified atom stereocenters. The molecule has 1 N–H and O–H groups in total. The molecule has 5 rings (SSSR count). The van der Waals surface area contributed by atoms with Gasteiger partial charge in [0.05, 0.1) is 12.6 Å². The van der Waals surface area contributed by atoms with Crippen LogP contribution in [-0.4, -0.2) is 102 Å². The summed E-state index contributed by atoms with van der Waals surface area (Å²) in [5.74, 6) is 1.04. The molecule has 3 aliphatic rings. The number of hydrogen-bond acceptors (Lipinski definition) is 8. The Balaban J connectivity index is 1.21. The Kier molecular flexibility index (Phi) is 6.57. The Morgan fingerprint density at radius 2 is 1.73 bits per heavy atom. The standard InChI is InChI=1S/C26H36N8O3/c1-26(2,3)37-25(36)33-16-21(17-33)34-15-18-14-27-23(29-22(18)31(5)24(34)35)28-19-6-8-20(9-7-19)32-12-10-30(4)11-13-32/h6-9,14,21H,10-13,15-17H2,1-5H3,(H,27,28,29). The lowest BCUT2D eigenvalue weighted by atomic mass is 10.1. The van der Waals surface area contributed by atoms with Crippen LogP contribution < -0.4 is 15.1 Å². The van der Waals surface area contributed by atoms with Gasteiger partial charge in [0.1, 0.15) is 11.4 Å². The van der Waals surface area contributed by atoms with Gasteiger partial charge in [-0.1, -0.05) is 0 Å². The van der Waals surface area contributed by atoms with Crippen LogP contribution in [0.15, 0.2) is 30.5 Å². The molecule has 1 aromatic heterocycles. The summed E-state index contributed by atoms with van der Waals surface area (Å²) in [5.41, 5.74) is 2.42. The first-order valence-corrected chi connectivity index (χ1v) is 12.8. The Bertz CT molecular complexity index is 1150. The maximum absolute atomic E-state index is 13.1. The number of piperazine rings is 1. The zero-order chi connectivity index (χ0) is 26.3. The topological polar surface area (TPSA) is 97.4 Å². The number of carbonyl (C=O) groups is 2. The maximum atomic E-state index is 13.1. The van der Waals surface area contributed by atoms with Gasteiger partial charge in [0.15, 0.2) is 0 Å². The SMILES string of the molecule is CN1CCN(c2ccc(Nc3ncc4c(n3)N(C)C(=O)N(C3CN(C(=O)OC(C)(C)C)C3)C4)cc2)CC1. The van der Waals surface area contributed by atoms with E-state index in [1.54, 1.807) is 27.9 Å². The second-order valence-corrected chi connectivity index (χ2v) is 11.0. The van der Waals surface area contributed by atoms with E-state index in [-0.39, 0.29) is 18.2 Å². The molecule has 0 spiro atoms. The summed E-state index contributed by atoms with van der Waals surface area (Å²) in [5, 5.41) is 3.26. The van der Waals surface area contributed by atoms with E-state index in [1.165, 1.54) is 5.69 Å². The number of likely N-dealkylation sites (N-methyl/N-ethyl adjacent to an activating group) is 1. The normalized spacial score (nSPS) is 19.0. The molecular weight excluding hydrogens is 472 g/mol. The number of likely N-dealkylation sites (tertiary alicyclic amines) is 1. The second-order valence-electron chi connectivity index (χ2n) is 11.0. The predicted molar refractivity (Wildman–Crippen MR) is 142 cm³/mol. The van der Waals surface area contributed by atoms with Crippen LogP contribution in [-0.2, 0) is 11.3 Å². The van der Waals surface area contributed by atoms with Gasteiger partial charge < -0.3 is 29.7 Å². The third-order valence-corrected chi connectivity index (χ3v) is 6.98. The molecular formula is C26H36N8O3. The summed E-state index contributed by atoms with van der Waals surface area (Å²) in [6, 6.07) is 8.08. The molecule has 0 saturated carbocycles. The molecule has 3 aliphatic heterocycles. The van der Waals surface area contributed by atoms with Crippen molar-refractivity contribution in [2.75, 3.05) is 68.5 Å². The van der Waals surface area contributed by atoms with Gasteiger partial charge in [-0.2, -0.15) is 4.98 Å². The number of anilines is 4. The van der Waals surface area contributed by atoms with Crippen LogP contribution >= 0.6 is 0 Å². The smallest absolute Gasteiger partial charge is 0.410 e. The van der Waals surface area contributed by atoms with Crippen molar-refractivity contribution >= 4 is 35.3 Å². The molecule has 1 aromatic carbocycles. The highest BCUT2D eigenvalue weighted by Crippen LogP contribution is 2.31. The zero-order valence-electron chi connectivity index (χ0n) is 22.3. The number of ether oxygens (including phenoxy) is 1. The monoisotopic (exact) mass is 508 g/mol. The molecule has 3 amide bonds. The Morgan fingerprint density at radius 3 is 2.38 bits per heavy atom. The minimum absolute atomic E-state index is 0.0627. The quantitative estimate of drug-likeness (QED) is 0.673. The van der Waals surface area contributed by atoms with Crippen LogP contribution in [0.3, 0.4) is 0 Å². The summed E-state index contributed by atoms with van der Waals surface area (Å²) in [6.45, 7) is 11.0. The van der Waals surface area contributed by atoms with Gasteiger partial charge in [0.2, 0.25) is 5.95 Å². The summed E-state index contributed by atoms with van der Waals surface area (Å²) >= 11 is 0. The van der Waals surface area contributed by atoms with Crippen molar-refractivity contribution in [1.82, 2.24) is 24.7 Å². The number of rotatable bonds is 4. The van der Waals surface area contributed by atoms with Gasteiger partial charge in [-0.3, -0.25) is 4.90 Å². The van der Waals surface area contributed by atoms with Crippen LogP contribution in [0.25, 0.3) is 0 Å². The van der Waals surface area contributed by atoms with E-state index < -0.39 is 5.60 Å². The zero-order valence-corrected chi connectivity index (χ0v) is 22.3. The number of fused-ring (bicyclic) bond motifs is 1. The number of nitrogens with zero attached hydrogens (tertiary/aromatic N) is 7. The molecule has 11 heteroatoms. The van der Waals surface area contributed by atoms with Crippen LogP contribution in [0.2, 0.25) is 0 Å². The lowest BCUT2D eigenvalue weighted by Crippen LogP contribution is -2.65. The van der Waals surface area contributed by atoms with E-state index in [0.29, 0.717) is 31.4 Å². The van der Waals surface area contributed by atoms with Crippen LogP contribution in [0.4, 0.5) is 32.7 Å². The predicted octanol–water partition coefficient (Wildman–Crippen LogP) is 2.96. The molecule has 2 fully saturated rings. The van der Waals surface area contributed by atoms with Crippen molar-refractivity contribution < 1.29 is 14.3 Å². The Hall–Kier alpha value is -3.60. The number of hydrogen-bond donors (Lipinski definition) is 1. The molecule has 2 saturated heterocycles. The third-order valence-electron chi connectivity index (χ3n) is 6.98. The van der Waals surface area contributed by atoms with E-state index in [1.807, 2.05) is 32.9 Å². The number of nitrogens with one attached hydrogen (secondary N) is 1. The maximum Gasteiger partial charge on any atom is 0.410 e. The van der Waals surface area contributed by atoms with E-state index in [9.17, 15) is 9.59 Å². The lowest BCUT2D eigenvalue weighted by molar-refractivity contribution is -0.00952. The van der Waals surface area contributed by atoms with Crippen molar-refractivity contribution in [3.8, 4) is 0 Å². The highest BCUT2D eigenvalue weighted by atomic mass is 16.6. The average Bonchev–Trinajstić information content (AvgIpc) is 2.81. The molecule has 11 nitrogen and oxygen atoms in total. The number of urea groups is 1. The minimum Gasteiger partial charge on any atom is -0.444 e. The third kappa shape index (κ3) is 5.41. The number of carbonyl (C=O) groups excluding carboxylic acids is 2. The van der Waals surface area contributed by atoms with Crippen LogP contribution in [0.1, 0.15) is 26.3 Å². The molecule has 198 valence electrons. The highest BCUT2D eigenvalue weighted by Gasteiger charge is 2.42. The fraction of sp³-hybridized carbons (Fsp3) is 0.538. The molecule has 0 bridgehead atoms. The summed E-state index contributed by atoms with van der Waals surface area (Å²) in [4.78, 5) is 44.2. The first kappa shape index (κ1) is 25.1. The van der Waals surface area contributed by atoms with Gasteiger partial charge in [-0.25, -0.2) is 14.6 Å². The minimum atomic E-state index is -0.544. The van der Waals surface area contributed by atoms with Gasteiger partial charge in [0, 0.05) is 69.5 Å². The van der Waals surface area contributed by atoms with Crippen LogP contribution in [0.5, 0.6) is 0 Å². The summed E-state index contributed by atoms with van der Waals surface area (Å²) < 4.78 is 5.43. The highest BCUT2D eigenvalue weighted by molar-refractivity contribution is 5.93. The molecule has 4 heterocycles. The molecule has 0 atom stereocenters. The molecule has 0 aliphatic carbocycles. The average molecular weight is 509 g/mol. The van der Waals surface area contributed by atoms with E-state index in [2.05, 4.69) is 44.3 Å². The first-order valence-electron chi connectivity index (χ1n) is 12.8. The van der Waals surface area contributed by atoms with E-state index in [4.69, 9.17) is 4.74 Å². The van der Waals surface area contributed by atoms with E-state index >= 15 is 0 Å². The number of benzene rings is 1. The summed E-state index contributed by atoms with van der Waals surface area (Å²) in [6.07, 6.45) is 1.42. The molecule has 2 aromatic rings. The molecule has 37 heavy (non-hydrogen) atoms. The fourth-order valence-corrected chi connectivity index (χ4v) is 4.76. The van der Waals surface area contributed by atoms with Crippen LogP contribution in [0, 0.1) is 0 Å². The van der Waals surface area contributed by atoms with Crippen molar-refractivity contribution in [2.45, 2.75) is 39.0 Å². The van der Waals surface area contributed by atoms with Crippen molar-refractivity contribution in [3.05, 3.63) is 36.0 Å². The largest absolute Gasteiger partial charge is 0.444 e.